The van der Waals surface area contributed by atoms with Crippen LogP contribution in [-0.2, 0) is 11.0 Å². The molecule has 0 bridgehead atoms. The first-order valence-corrected chi connectivity index (χ1v) is 9.47. The molecule has 0 spiro atoms. The molecule has 1 aliphatic heterocycles. The van der Waals surface area contributed by atoms with Gasteiger partial charge in [0.05, 0.1) is 6.04 Å². The molecule has 0 unspecified atom stereocenters. The molecular weight excluding hydrogens is 385 g/mol. The number of rotatable bonds is 6. The highest BCUT2D eigenvalue weighted by molar-refractivity contribution is 5.68. The average molecular weight is 406 g/mol. The molecule has 2 aliphatic rings. The van der Waals surface area contributed by atoms with Crippen molar-refractivity contribution in [2.24, 2.45) is 17.8 Å². The van der Waals surface area contributed by atoms with Gasteiger partial charge >= 0.3 is 12.1 Å². The van der Waals surface area contributed by atoms with E-state index in [0.29, 0.717) is 13.1 Å². The molecule has 0 radical (unpaired) electrons. The minimum atomic E-state index is -4.58. The summed E-state index contributed by atoms with van der Waals surface area (Å²) in [4.78, 5) is 20.7. The van der Waals surface area contributed by atoms with Crippen LogP contribution in [-0.4, -0.2) is 34.1 Å². The second-order valence-electron chi connectivity index (χ2n) is 7.70. The lowest BCUT2D eigenvalue weighted by molar-refractivity contribution is -0.141. The zero-order chi connectivity index (χ0) is 20.8. The van der Waals surface area contributed by atoms with Gasteiger partial charge in [0, 0.05) is 25.6 Å². The lowest BCUT2D eigenvalue weighted by Gasteiger charge is -2.23. The maximum absolute atomic E-state index is 13.4. The molecule has 6 nitrogen and oxygen atoms in total. The van der Waals surface area contributed by atoms with E-state index >= 15 is 0 Å². The molecule has 9 heteroatoms. The summed E-state index contributed by atoms with van der Waals surface area (Å²) >= 11 is 0. The number of carbonyl (C=O) groups is 1. The van der Waals surface area contributed by atoms with E-state index in [9.17, 15) is 18.0 Å². The van der Waals surface area contributed by atoms with Crippen molar-refractivity contribution >= 4 is 17.7 Å². The van der Waals surface area contributed by atoms with Crippen molar-refractivity contribution in [1.29, 1.82) is 0 Å². The fourth-order valence-electron chi connectivity index (χ4n) is 4.17. The number of halogens is 3. The van der Waals surface area contributed by atoms with Crippen LogP contribution in [0.15, 0.2) is 36.4 Å². The Morgan fingerprint density at radius 3 is 2.48 bits per heavy atom. The zero-order valence-corrected chi connectivity index (χ0v) is 15.7. The molecule has 2 aromatic rings. The van der Waals surface area contributed by atoms with Crippen LogP contribution in [0.25, 0.3) is 0 Å². The number of hydrogen-bond acceptors (Lipinski definition) is 5. The van der Waals surface area contributed by atoms with Crippen molar-refractivity contribution in [3.63, 3.8) is 0 Å². The molecule has 1 aromatic heterocycles. The molecule has 2 fully saturated rings. The number of carboxylic acids is 1. The van der Waals surface area contributed by atoms with Gasteiger partial charge in [-0.05, 0) is 30.2 Å². The number of benzene rings is 1. The van der Waals surface area contributed by atoms with E-state index in [-0.39, 0.29) is 42.0 Å². The van der Waals surface area contributed by atoms with Crippen LogP contribution in [0.2, 0.25) is 0 Å². The molecule has 1 aromatic carbocycles. The highest BCUT2D eigenvalue weighted by atomic mass is 19.4. The van der Waals surface area contributed by atoms with Crippen LogP contribution >= 0.6 is 0 Å². The maximum atomic E-state index is 13.4. The van der Waals surface area contributed by atoms with Gasteiger partial charge in [0.2, 0.25) is 5.95 Å². The largest absolute Gasteiger partial charge is 0.481 e. The number of nitrogens with zero attached hydrogens (tertiary/aromatic N) is 3. The van der Waals surface area contributed by atoms with Crippen molar-refractivity contribution in [2.75, 3.05) is 23.3 Å². The normalized spacial score (nSPS) is 24.1. The summed E-state index contributed by atoms with van der Waals surface area (Å²) in [5, 5.41) is 11.9. The Morgan fingerprint density at radius 1 is 1.24 bits per heavy atom. The van der Waals surface area contributed by atoms with Gasteiger partial charge in [0.25, 0.3) is 0 Å². The maximum Gasteiger partial charge on any atom is 0.433 e. The van der Waals surface area contributed by atoms with Crippen molar-refractivity contribution in [3.05, 3.63) is 47.7 Å². The summed E-state index contributed by atoms with van der Waals surface area (Å²) in [6.45, 7) is 2.87. The molecule has 2 heterocycles. The van der Waals surface area contributed by atoms with E-state index in [4.69, 9.17) is 5.11 Å². The van der Waals surface area contributed by atoms with Crippen LogP contribution in [0, 0.1) is 17.8 Å². The minimum Gasteiger partial charge on any atom is -0.481 e. The third-order valence-corrected chi connectivity index (χ3v) is 5.75. The molecular formula is C20H21F3N4O2. The number of anilines is 2. The summed E-state index contributed by atoms with van der Waals surface area (Å²) in [6, 6.07) is 10.0. The molecule has 154 valence electrons. The van der Waals surface area contributed by atoms with Crippen LogP contribution in [0.3, 0.4) is 0 Å². The van der Waals surface area contributed by atoms with E-state index in [1.54, 1.807) is 4.90 Å². The predicted molar refractivity (Wildman–Crippen MR) is 100 cm³/mol. The predicted octanol–water partition coefficient (Wildman–Crippen LogP) is 3.83. The fourth-order valence-corrected chi connectivity index (χ4v) is 4.17. The number of alkyl halides is 3. The van der Waals surface area contributed by atoms with Gasteiger partial charge in [0.15, 0.2) is 5.69 Å². The first-order valence-electron chi connectivity index (χ1n) is 9.47. The number of nitrogens with one attached hydrogen (secondary N) is 1. The highest BCUT2D eigenvalue weighted by Gasteiger charge is 2.56. The number of aromatic nitrogens is 2. The Bertz CT molecular complexity index is 894. The summed E-state index contributed by atoms with van der Waals surface area (Å²) in [5.74, 6) is -0.169. The number of hydrogen-bond donors (Lipinski definition) is 2. The zero-order valence-electron chi connectivity index (χ0n) is 15.7. The van der Waals surface area contributed by atoms with Crippen LogP contribution in [0.1, 0.15) is 30.6 Å². The van der Waals surface area contributed by atoms with Gasteiger partial charge in [-0.15, -0.1) is 0 Å². The number of fused-ring (bicyclic) bond motifs is 1. The standard InChI is InChI=1S/C20H21F3N4O2/c1-11(12-5-3-2-4-6-12)24-19-25-16(20(21,22)23)8-17(26-19)27-9-14-13(7-18(28)29)15(14)10-27/h2-6,8,11,13-15H,7,9-10H2,1H3,(H,28,29)(H,24,25,26)/t11-,13-,14-,15+/m0/s1. The van der Waals surface area contributed by atoms with E-state index in [2.05, 4.69) is 15.3 Å². The molecule has 1 saturated heterocycles. The SMILES string of the molecule is C[C@H](Nc1nc(N2C[C@@H]3[C@@H](CC(=O)O)[C@@H]3C2)cc(C(F)(F)F)n1)c1ccccc1. The second-order valence-corrected chi connectivity index (χ2v) is 7.70. The first kappa shape index (κ1) is 19.5. The summed E-state index contributed by atoms with van der Waals surface area (Å²) in [5.41, 5.74) is -0.0816. The molecule has 4 rings (SSSR count). The van der Waals surface area contributed by atoms with Gasteiger partial charge in [-0.1, -0.05) is 30.3 Å². The lowest BCUT2D eigenvalue weighted by atomic mass is 10.1. The Labute approximate surface area is 165 Å². The second kappa shape index (κ2) is 7.20. The van der Waals surface area contributed by atoms with Crippen molar-refractivity contribution in [1.82, 2.24) is 9.97 Å². The van der Waals surface area contributed by atoms with Crippen LogP contribution in [0.4, 0.5) is 24.9 Å². The molecule has 0 amide bonds. The number of aliphatic carboxylic acids is 1. The Balaban J connectivity index is 1.54. The highest BCUT2D eigenvalue weighted by Crippen LogP contribution is 2.54. The number of piperidine rings is 1. The van der Waals surface area contributed by atoms with Crippen molar-refractivity contribution in [2.45, 2.75) is 25.6 Å². The Hall–Kier alpha value is -2.84. The van der Waals surface area contributed by atoms with Gasteiger partial charge < -0.3 is 15.3 Å². The fraction of sp³-hybridized carbons (Fsp3) is 0.450. The first-order chi connectivity index (χ1) is 13.7. The van der Waals surface area contributed by atoms with E-state index in [1.807, 2.05) is 37.3 Å². The van der Waals surface area contributed by atoms with Crippen LogP contribution in [0.5, 0.6) is 0 Å². The van der Waals surface area contributed by atoms with Crippen LogP contribution < -0.4 is 10.2 Å². The van der Waals surface area contributed by atoms with Gasteiger partial charge in [-0.3, -0.25) is 4.79 Å². The molecule has 2 N–H and O–H groups in total. The summed E-state index contributed by atoms with van der Waals surface area (Å²) < 4.78 is 40.2. The Morgan fingerprint density at radius 2 is 1.90 bits per heavy atom. The summed E-state index contributed by atoms with van der Waals surface area (Å²) in [7, 11) is 0. The number of carboxylic acid groups (broad SMARTS) is 1. The quantitative estimate of drug-likeness (QED) is 0.759. The molecule has 1 saturated carbocycles. The lowest BCUT2D eigenvalue weighted by Crippen LogP contribution is -2.27. The van der Waals surface area contributed by atoms with Gasteiger partial charge in [-0.2, -0.15) is 18.2 Å². The van der Waals surface area contributed by atoms with E-state index < -0.39 is 17.8 Å². The van der Waals surface area contributed by atoms with Gasteiger partial charge in [-0.25, -0.2) is 4.98 Å². The smallest absolute Gasteiger partial charge is 0.433 e. The third kappa shape index (κ3) is 4.13. The molecule has 29 heavy (non-hydrogen) atoms. The van der Waals surface area contributed by atoms with Crippen molar-refractivity contribution in [3.8, 4) is 0 Å². The van der Waals surface area contributed by atoms with Gasteiger partial charge in [0.1, 0.15) is 5.82 Å². The third-order valence-electron chi connectivity index (χ3n) is 5.75. The summed E-state index contributed by atoms with van der Waals surface area (Å²) in [6.07, 6.45) is -4.47. The topological polar surface area (TPSA) is 78.4 Å². The minimum absolute atomic E-state index is 0.0752. The molecule has 1 aliphatic carbocycles. The van der Waals surface area contributed by atoms with E-state index in [0.717, 1.165) is 11.6 Å². The van der Waals surface area contributed by atoms with E-state index in [1.165, 1.54) is 0 Å². The molecule has 4 atom stereocenters. The Kier molecular flexibility index (Phi) is 4.84. The van der Waals surface area contributed by atoms with Crippen molar-refractivity contribution < 1.29 is 23.1 Å². The monoisotopic (exact) mass is 406 g/mol. The average Bonchev–Trinajstić information content (AvgIpc) is 3.10.